The van der Waals surface area contributed by atoms with E-state index < -0.39 is 0 Å². The zero-order chi connectivity index (χ0) is 12.7. The molecule has 0 aliphatic carbocycles. The average Bonchev–Trinajstić information content (AvgIpc) is 2.35. The lowest BCUT2D eigenvalue weighted by Crippen LogP contribution is -2.43. The number of nitrogens with one attached hydrogen (secondary N) is 1. The molecular weight excluding hydrogens is 250 g/mol. The van der Waals surface area contributed by atoms with Gasteiger partial charge in [-0.1, -0.05) is 25.1 Å². The fourth-order valence-corrected chi connectivity index (χ4v) is 1.65. The second kappa shape index (κ2) is 8.91. The molecule has 1 atom stereocenters. The van der Waals surface area contributed by atoms with Crippen LogP contribution in [0.1, 0.15) is 24.2 Å². The van der Waals surface area contributed by atoms with E-state index in [1.165, 1.54) is 0 Å². The summed E-state index contributed by atoms with van der Waals surface area (Å²) in [4.78, 5) is 13.8. The minimum absolute atomic E-state index is 0. The Kier molecular flexibility index (Phi) is 8.37. The minimum atomic E-state index is -0.0358. The van der Waals surface area contributed by atoms with E-state index in [1.54, 1.807) is 12.1 Å². The number of hydrogen-bond acceptors (Lipinski definition) is 3. The van der Waals surface area contributed by atoms with Gasteiger partial charge in [-0.05, 0) is 25.6 Å². The van der Waals surface area contributed by atoms with Crippen molar-refractivity contribution in [3.05, 3.63) is 35.9 Å². The summed E-state index contributed by atoms with van der Waals surface area (Å²) in [6.45, 7) is 6.28. The standard InChI is InChI=1S/C13H21N3O.ClH/c1-3-16(11(2)14)10-9-15-13(17)12-7-5-4-6-8-12;/h4-8,11H,3,9-10,14H2,1-2H3,(H,15,17);1H. The van der Waals surface area contributed by atoms with Gasteiger partial charge in [0.2, 0.25) is 0 Å². The van der Waals surface area contributed by atoms with Crippen LogP contribution >= 0.6 is 12.4 Å². The van der Waals surface area contributed by atoms with Gasteiger partial charge >= 0.3 is 0 Å². The van der Waals surface area contributed by atoms with Crippen LogP contribution < -0.4 is 11.1 Å². The molecule has 102 valence electrons. The Labute approximate surface area is 115 Å². The number of amides is 1. The minimum Gasteiger partial charge on any atom is -0.351 e. The summed E-state index contributed by atoms with van der Waals surface area (Å²) >= 11 is 0. The summed E-state index contributed by atoms with van der Waals surface area (Å²) in [5.74, 6) is -0.0358. The second-order valence-electron chi connectivity index (χ2n) is 3.99. The number of nitrogens with two attached hydrogens (primary N) is 1. The molecule has 1 unspecified atom stereocenters. The van der Waals surface area contributed by atoms with E-state index in [0.717, 1.165) is 13.1 Å². The average molecular weight is 272 g/mol. The van der Waals surface area contributed by atoms with Gasteiger partial charge in [0.05, 0.1) is 6.17 Å². The number of nitrogens with zero attached hydrogens (tertiary/aromatic N) is 1. The molecule has 1 rings (SSSR count). The van der Waals surface area contributed by atoms with Crippen molar-refractivity contribution in [3.8, 4) is 0 Å². The van der Waals surface area contributed by atoms with E-state index in [4.69, 9.17) is 5.73 Å². The van der Waals surface area contributed by atoms with Gasteiger partial charge in [0.15, 0.2) is 0 Å². The quantitative estimate of drug-likeness (QED) is 0.771. The van der Waals surface area contributed by atoms with E-state index in [2.05, 4.69) is 17.1 Å². The molecule has 1 aromatic carbocycles. The van der Waals surface area contributed by atoms with Crippen LogP contribution in [0.4, 0.5) is 0 Å². The third-order valence-electron chi connectivity index (χ3n) is 2.70. The number of likely N-dealkylation sites (N-methyl/N-ethyl adjacent to an activating group) is 1. The smallest absolute Gasteiger partial charge is 0.251 e. The van der Waals surface area contributed by atoms with Crippen LogP contribution in [0.2, 0.25) is 0 Å². The van der Waals surface area contributed by atoms with E-state index in [0.29, 0.717) is 12.1 Å². The maximum atomic E-state index is 11.7. The molecule has 0 aromatic heterocycles. The number of benzene rings is 1. The SMILES string of the molecule is CCN(CCNC(=O)c1ccccc1)C(C)N.Cl. The van der Waals surface area contributed by atoms with Gasteiger partial charge in [-0.15, -0.1) is 12.4 Å². The molecule has 0 aliphatic rings. The predicted octanol–water partition coefficient (Wildman–Crippen LogP) is 1.46. The lowest BCUT2D eigenvalue weighted by Gasteiger charge is -2.24. The molecule has 0 aliphatic heterocycles. The Hall–Kier alpha value is -1.10. The molecule has 0 radical (unpaired) electrons. The first kappa shape index (κ1) is 16.9. The fraction of sp³-hybridized carbons (Fsp3) is 0.462. The molecule has 0 fully saturated rings. The second-order valence-corrected chi connectivity index (χ2v) is 3.99. The Morgan fingerprint density at radius 3 is 2.50 bits per heavy atom. The molecule has 18 heavy (non-hydrogen) atoms. The fourth-order valence-electron chi connectivity index (χ4n) is 1.65. The number of hydrogen-bond donors (Lipinski definition) is 2. The molecule has 0 spiro atoms. The molecule has 4 nitrogen and oxygen atoms in total. The van der Waals surface area contributed by atoms with Crippen molar-refractivity contribution >= 4 is 18.3 Å². The highest BCUT2D eigenvalue weighted by Crippen LogP contribution is 1.97. The molecule has 1 aromatic rings. The molecule has 0 heterocycles. The third kappa shape index (κ3) is 5.49. The van der Waals surface area contributed by atoms with Crippen LogP contribution in [0.15, 0.2) is 30.3 Å². The summed E-state index contributed by atoms with van der Waals surface area (Å²) < 4.78 is 0. The lowest BCUT2D eigenvalue weighted by atomic mass is 10.2. The van der Waals surface area contributed by atoms with Gasteiger partial charge in [-0.2, -0.15) is 0 Å². The first-order chi connectivity index (χ1) is 8.15. The van der Waals surface area contributed by atoms with Crippen LogP contribution in [0.25, 0.3) is 0 Å². The van der Waals surface area contributed by atoms with Crippen molar-refractivity contribution in [3.63, 3.8) is 0 Å². The van der Waals surface area contributed by atoms with Crippen molar-refractivity contribution in [2.24, 2.45) is 5.73 Å². The Morgan fingerprint density at radius 1 is 1.39 bits per heavy atom. The van der Waals surface area contributed by atoms with E-state index in [1.807, 2.05) is 25.1 Å². The number of carbonyl (C=O) groups is 1. The predicted molar refractivity (Wildman–Crippen MR) is 76.9 cm³/mol. The number of halogens is 1. The Morgan fingerprint density at radius 2 is 2.00 bits per heavy atom. The zero-order valence-corrected chi connectivity index (χ0v) is 11.7. The summed E-state index contributed by atoms with van der Waals surface area (Å²) in [5.41, 5.74) is 6.48. The van der Waals surface area contributed by atoms with Gasteiger partial charge in [0.25, 0.3) is 5.91 Å². The maximum Gasteiger partial charge on any atom is 0.251 e. The summed E-state index contributed by atoms with van der Waals surface area (Å²) in [5, 5.41) is 2.88. The van der Waals surface area contributed by atoms with Crippen LogP contribution in [-0.2, 0) is 0 Å². The highest BCUT2D eigenvalue weighted by atomic mass is 35.5. The van der Waals surface area contributed by atoms with Crippen molar-refractivity contribution in [1.82, 2.24) is 10.2 Å². The topological polar surface area (TPSA) is 58.4 Å². The summed E-state index contributed by atoms with van der Waals surface area (Å²) in [6.07, 6.45) is 0.0219. The largest absolute Gasteiger partial charge is 0.351 e. The zero-order valence-electron chi connectivity index (χ0n) is 10.9. The normalized spacial score (nSPS) is 11.8. The van der Waals surface area contributed by atoms with E-state index in [9.17, 15) is 4.79 Å². The molecule has 0 bridgehead atoms. The van der Waals surface area contributed by atoms with E-state index >= 15 is 0 Å². The first-order valence-electron chi connectivity index (χ1n) is 5.98. The highest BCUT2D eigenvalue weighted by Gasteiger charge is 2.08. The van der Waals surface area contributed by atoms with Crippen molar-refractivity contribution < 1.29 is 4.79 Å². The Balaban J connectivity index is 0.00000289. The van der Waals surface area contributed by atoms with Crippen molar-refractivity contribution in [1.29, 1.82) is 0 Å². The monoisotopic (exact) mass is 271 g/mol. The van der Waals surface area contributed by atoms with Gasteiger partial charge in [-0.25, -0.2) is 0 Å². The van der Waals surface area contributed by atoms with Gasteiger partial charge in [-0.3, -0.25) is 9.69 Å². The van der Waals surface area contributed by atoms with Gasteiger partial charge in [0, 0.05) is 18.7 Å². The maximum absolute atomic E-state index is 11.7. The number of rotatable bonds is 6. The van der Waals surface area contributed by atoms with Gasteiger partial charge < -0.3 is 11.1 Å². The van der Waals surface area contributed by atoms with Crippen LogP contribution in [0.5, 0.6) is 0 Å². The van der Waals surface area contributed by atoms with Crippen LogP contribution in [0, 0.1) is 0 Å². The molecule has 3 N–H and O–H groups in total. The van der Waals surface area contributed by atoms with E-state index in [-0.39, 0.29) is 24.5 Å². The van der Waals surface area contributed by atoms with Crippen molar-refractivity contribution in [2.75, 3.05) is 19.6 Å². The Bertz CT molecular complexity index is 343. The molecular formula is C13H22ClN3O. The molecule has 5 heteroatoms. The molecule has 0 saturated heterocycles. The lowest BCUT2D eigenvalue weighted by molar-refractivity contribution is 0.0945. The molecule has 1 amide bonds. The van der Waals surface area contributed by atoms with Gasteiger partial charge in [0.1, 0.15) is 0 Å². The van der Waals surface area contributed by atoms with Crippen LogP contribution in [-0.4, -0.2) is 36.6 Å². The summed E-state index contributed by atoms with van der Waals surface area (Å²) in [7, 11) is 0. The highest BCUT2D eigenvalue weighted by molar-refractivity contribution is 5.94. The number of carbonyl (C=O) groups excluding carboxylic acids is 1. The van der Waals surface area contributed by atoms with Crippen molar-refractivity contribution in [2.45, 2.75) is 20.0 Å². The third-order valence-corrected chi connectivity index (χ3v) is 2.70. The van der Waals surface area contributed by atoms with Crippen LogP contribution in [0.3, 0.4) is 0 Å². The molecule has 0 saturated carbocycles. The summed E-state index contributed by atoms with van der Waals surface area (Å²) in [6, 6.07) is 9.22. The first-order valence-corrected chi connectivity index (χ1v) is 5.98.